The molecule has 1 amide bonds. The van der Waals surface area contributed by atoms with Crippen molar-refractivity contribution in [3.8, 4) is 0 Å². The Morgan fingerprint density at radius 2 is 1.64 bits per heavy atom. The van der Waals surface area contributed by atoms with Crippen molar-refractivity contribution in [3.05, 3.63) is 123 Å². The van der Waals surface area contributed by atoms with Crippen LogP contribution in [0.25, 0.3) is 0 Å². The number of benzene rings is 3. The summed E-state index contributed by atoms with van der Waals surface area (Å²) in [5.74, 6) is -0.785. The van der Waals surface area contributed by atoms with Crippen molar-refractivity contribution < 1.29 is 24.4 Å². The molecule has 3 aromatic carbocycles. The van der Waals surface area contributed by atoms with Crippen LogP contribution in [0.5, 0.6) is 0 Å². The summed E-state index contributed by atoms with van der Waals surface area (Å²) in [6.45, 7) is 2.88. The quantitative estimate of drug-likeness (QED) is 0.0831. The van der Waals surface area contributed by atoms with E-state index < -0.39 is 22.9 Å². The van der Waals surface area contributed by atoms with E-state index in [1.807, 2.05) is 36.4 Å². The van der Waals surface area contributed by atoms with Gasteiger partial charge in [0.2, 0.25) is 5.91 Å². The van der Waals surface area contributed by atoms with Gasteiger partial charge >= 0.3 is 5.97 Å². The Morgan fingerprint density at radius 1 is 1.02 bits per heavy atom. The number of ether oxygens (including phenoxy) is 1. The van der Waals surface area contributed by atoms with Gasteiger partial charge in [-0.25, -0.2) is 4.79 Å². The maximum atomic E-state index is 13.8. The molecule has 9 nitrogen and oxygen atoms in total. The van der Waals surface area contributed by atoms with E-state index in [4.69, 9.17) is 17.0 Å². The summed E-state index contributed by atoms with van der Waals surface area (Å²) in [6.07, 6.45) is 1.80. The summed E-state index contributed by atoms with van der Waals surface area (Å²) < 4.78 is 6.50. The molecule has 1 aliphatic carbocycles. The topological polar surface area (TPSA) is 113 Å². The zero-order valence-corrected chi connectivity index (χ0v) is 27.7. The minimum Gasteiger partial charge on any atom is -0.456 e. The van der Waals surface area contributed by atoms with E-state index in [9.17, 15) is 24.8 Å². The van der Waals surface area contributed by atoms with Crippen molar-refractivity contribution in [1.82, 2.24) is 9.80 Å². The van der Waals surface area contributed by atoms with Crippen LogP contribution in [0.1, 0.15) is 42.9 Å². The summed E-state index contributed by atoms with van der Waals surface area (Å²) in [7, 11) is 0. The monoisotopic (exact) mass is 671 g/mol. The normalized spacial score (nSPS) is 22.2. The summed E-state index contributed by atoms with van der Waals surface area (Å²) in [5.41, 5.74) is 4.11. The highest BCUT2D eigenvalue weighted by Crippen LogP contribution is 2.54. The van der Waals surface area contributed by atoms with E-state index in [2.05, 4.69) is 29.2 Å². The minimum atomic E-state index is -0.827. The Labute approximate surface area is 283 Å². The van der Waals surface area contributed by atoms with Gasteiger partial charge in [-0.1, -0.05) is 91.1 Å². The lowest BCUT2D eigenvalue weighted by atomic mass is 9.70. The Balaban J connectivity index is 1.22. The molecule has 47 heavy (non-hydrogen) atoms. The maximum absolute atomic E-state index is 13.8. The summed E-state index contributed by atoms with van der Waals surface area (Å²) in [6, 6.07) is 26.0. The molecule has 1 saturated carbocycles. The zero-order valence-electron chi connectivity index (χ0n) is 26.1. The number of hydrogen-bond acceptors (Lipinski definition) is 8. The molecule has 244 valence electrons. The summed E-state index contributed by atoms with van der Waals surface area (Å²) in [5, 5.41) is 21.5. The fraction of sp³-hybridized carbons (Fsp3) is 0.361. The number of nitro groups is 1. The number of nitrogens with zero attached hydrogens (tertiary/aromatic N) is 3. The van der Waals surface area contributed by atoms with E-state index in [0.29, 0.717) is 30.1 Å². The Kier molecular flexibility index (Phi) is 10.0. The number of aliphatic hydroxyl groups excluding tert-OH is 1. The third-order valence-electron chi connectivity index (χ3n) is 9.35. The SMILES string of the molecule is C[C@@H](O)[C@H]1C(=O)N2C(C(=O)OCc3ccc([N+](=O)[O-])cc3)=C3[C@@H](CSC(=S)N(Cc4ccccc4)Cc4ccccc4)CCC[C@@H]3[C@H]12. The van der Waals surface area contributed by atoms with Gasteiger partial charge in [0.1, 0.15) is 16.6 Å². The van der Waals surface area contributed by atoms with Crippen molar-refractivity contribution in [2.24, 2.45) is 17.8 Å². The second-order valence-electron chi connectivity index (χ2n) is 12.4. The van der Waals surface area contributed by atoms with Crippen LogP contribution in [0.2, 0.25) is 0 Å². The van der Waals surface area contributed by atoms with Gasteiger partial charge in [-0.05, 0) is 60.1 Å². The second kappa shape index (κ2) is 14.4. The highest BCUT2D eigenvalue weighted by atomic mass is 32.2. The van der Waals surface area contributed by atoms with E-state index in [-0.39, 0.29) is 36.1 Å². The minimum absolute atomic E-state index is 0.00183. The second-order valence-corrected chi connectivity index (χ2v) is 14.1. The zero-order chi connectivity index (χ0) is 33.1. The largest absolute Gasteiger partial charge is 0.456 e. The maximum Gasteiger partial charge on any atom is 0.355 e. The average molecular weight is 672 g/mol. The lowest BCUT2D eigenvalue weighted by Gasteiger charge is -2.47. The average Bonchev–Trinajstić information content (AvgIpc) is 3.37. The van der Waals surface area contributed by atoms with E-state index in [0.717, 1.165) is 40.3 Å². The van der Waals surface area contributed by atoms with Crippen LogP contribution in [0, 0.1) is 27.9 Å². The molecule has 1 saturated heterocycles. The number of β-lactam (4-membered cyclic amide) rings is 1. The van der Waals surface area contributed by atoms with Gasteiger partial charge in [0.05, 0.1) is 23.0 Å². The molecule has 1 N–H and O–H groups in total. The predicted octanol–water partition coefficient (Wildman–Crippen LogP) is 6.25. The molecule has 6 rings (SSSR count). The first-order chi connectivity index (χ1) is 22.7. The van der Waals surface area contributed by atoms with Crippen molar-refractivity contribution in [2.45, 2.75) is 58.0 Å². The molecule has 2 fully saturated rings. The van der Waals surface area contributed by atoms with Gasteiger partial charge in [-0.3, -0.25) is 14.9 Å². The number of thioether (sulfide) groups is 1. The van der Waals surface area contributed by atoms with Gasteiger partial charge in [0, 0.05) is 36.9 Å². The first kappa shape index (κ1) is 32.9. The molecule has 2 heterocycles. The molecule has 0 bridgehead atoms. The summed E-state index contributed by atoms with van der Waals surface area (Å²) in [4.78, 5) is 41.5. The van der Waals surface area contributed by atoms with Crippen LogP contribution in [-0.2, 0) is 34.0 Å². The number of aliphatic hydroxyl groups is 1. The van der Waals surface area contributed by atoms with Crippen LogP contribution in [0.3, 0.4) is 0 Å². The molecule has 3 aliphatic rings. The van der Waals surface area contributed by atoms with Crippen LogP contribution in [0.15, 0.2) is 96.2 Å². The van der Waals surface area contributed by atoms with Crippen LogP contribution in [-0.4, -0.2) is 53.9 Å². The summed E-state index contributed by atoms with van der Waals surface area (Å²) >= 11 is 7.64. The lowest BCUT2D eigenvalue weighted by Crippen LogP contribution is -2.64. The van der Waals surface area contributed by atoms with Crippen LogP contribution < -0.4 is 0 Å². The molecule has 0 radical (unpaired) electrons. The molecule has 2 aliphatic heterocycles. The first-order valence-corrected chi connectivity index (χ1v) is 17.3. The van der Waals surface area contributed by atoms with Crippen molar-refractivity contribution >= 4 is 45.9 Å². The number of non-ortho nitro benzene ring substituents is 1. The number of esters is 1. The molecular weight excluding hydrogens is 635 g/mol. The molecule has 0 spiro atoms. The molecule has 5 atom stereocenters. The van der Waals surface area contributed by atoms with Crippen LogP contribution in [0.4, 0.5) is 5.69 Å². The number of carbonyl (C=O) groups excluding carboxylic acids is 2. The highest BCUT2D eigenvalue weighted by Gasteiger charge is 2.62. The van der Waals surface area contributed by atoms with Crippen molar-refractivity contribution in [1.29, 1.82) is 0 Å². The molecule has 11 heteroatoms. The van der Waals surface area contributed by atoms with Gasteiger partial charge in [-0.15, -0.1) is 0 Å². The smallest absolute Gasteiger partial charge is 0.355 e. The van der Waals surface area contributed by atoms with E-state index >= 15 is 0 Å². The Hall–Kier alpha value is -4.06. The predicted molar refractivity (Wildman–Crippen MR) is 184 cm³/mol. The number of amides is 1. The number of nitro benzene ring substituents is 1. The molecule has 0 aromatic heterocycles. The van der Waals surface area contributed by atoms with Crippen LogP contribution >= 0.6 is 24.0 Å². The highest BCUT2D eigenvalue weighted by molar-refractivity contribution is 8.22. The Morgan fingerprint density at radius 3 is 2.21 bits per heavy atom. The fourth-order valence-electron chi connectivity index (χ4n) is 7.15. The van der Waals surface area contributed by atoms with Gasteiger partial charge < -0.3 is 19.6 Å². The van der Waals surface area contributed by atoms with Crippen molar-refractivity contribution in [3.63, 3.8) is 0 Å². The fourth-order valence-corrected chi connectivity index (χ4v) is 8.49. The number of fused-ring (bicyclic) bond motifs is 3. The van der Waals surface area contributed by atoms with Gasteiger partial charge in [0.25, 0.3) is 5.69 Å². The van der Waals surface area contributed by atoms with E-state index in [1.165, 1.54) is 12.1 Å². The number of carbonyl (C=O) groups is 2. The first-order valence-electron chi connectivity index (χ1n) is 15.9. The lowest BCUT2D eigenvalue weighted by molar-refractivity contribution is -0.384. The molecule has 3 aromatic rings. The molecule has 0 unspecified atom stereocenters. The van der Waals surface area contributed by atoms with E-state index in [1.54, 1.807) is 35.7 Å². The molecular formula is C36H37N3O6S2. The number of rotatable bonds is 11. The number of hydrogen-bond donors (Lipinski definition) is 1. The Bertz CT molecular complexity index is 1620. The van der Waals surface area contributed by atoms with Gasteiger partial charge in [0.15, 0.2) is 0 Å². The standard InChI is InChI=1S/C36H37N3O6S2/c1-23(40)30-32-29-14-8-13-27(22-47-36(46)37(19-24-9-4-2-5-10-24)20-25-11-6-3-7-12-25)31(29)33(38(32)34(30)41)35(42)45-21-26-15-17-28(18-16-26)39(43)44/h2-7,9-12,15-18,23,27,29-30,32,40H,8,13-14,19-22H2,1H3/t23-,27-,29+,30-,32-/m1/s1. The van der Waals surface area contributed by atoms with Crippen molar-refractivity contribution in [2.75, 3.05) is 5.75 Å². The number of thiocarbonyl (C=S) groups is 1. The van der Waals surface area contributed by atoms with Gasteiger partial charge in [-0.2, -0.15) is 0 Å². The third kappa shape index (κ3) is 6.97. The third-order valence-corrected chi connectivity index (χ3v) is 11.0.